The molecule has 2 nitrogen and oxygen atoms in total. The molecule has 0 heterocycles. The van der Waals surface area contributed by atoms with Crippen molar-refractivity contribution >= 4 is 31.9 Å². The van der Waals surface area contributed by atoms with Crippen LogP contribution in [0.5, 0.6) is 5.75 Å². The van der Waals surface area contributed by atoms with E-state index >= 15 is 0 Å². The zero-order valence-corrected chi connectivity index (χ0v) is 13.9. The summed E-state index contributed by atoms with van der Waals surface area (Å²) in [5.74, 6) is 0.434. The number of nitrogens with two attached hydrogens (primary N) is 1. The number of ether oxygens (including phenoxy) is 1. The molecule has 0 aliphatic rings. The quantitative estimate of drug-likeness (QED) is 0.802. The van der Waals surface area contributed by atoms with Crippen LogP contribution in [-0.4, -0.2) is 6.54 Å². The largest absolute Gasteiger partial charge is 0.489 e. The van der Waals surface area contributed by atoms with Crippen molar-refractivity contribution < 1.29 is 9.13 Å². The number of benzene rings is 2. The summed E-state index contributed by atoms with van der Waals surface area (Å²) >= 11 is 6.79. The standard InChI is InChI=1S/C15H14Br2FNO/c16-12-1-4-15(18)11(7-12)9-20-13-2-3-14(17)10(8-13)5-6-19/h1-4,7-8H,5-6,9,19H2. The maximum Gasteiger partial charge on any atom is 0.129 e. The molecule has 0 fully saturated rings. The molecule has 0 spiro atoms. The second kappa shape index (κ2) is 7.20. The third kappa shape index (κ3) is 4.04. The molecule has 0 saturated carbocycles. The van der Waals surface area contributed by atoms with Gasteiger partial charge < -0.3 is 10.5 Å². The topological polar surface area (TPSA) is 35.2 Å². The van der Waals surface area contributed by atoms with Crippen molar-refractivity contribution in [1.82, 2.24) is 0 Å². The Labute approximate surface area is 134 Å². The van der Waals surface area contributed by atoms with Gasteiger partial charge in [-0.1, -0.05) is 31.9 Å². The Kier molecular flexibility index (Phi) is 5.57. The van der Waals surface area contributed by atoms with Crippen molar-refractivity contribution in [1.29, 1.82) is 0 Å². The van der Waals surface area contributed by atoms with Crippen LogP contribution < -0.4 is 10.5 Å². The van der Waals surface area contributed by atoms with Gasteiger partial charge in [0.2, 0.25) is 0 Å². The minimum atomic E-state index is -0.271. The van der Waals surface area contributed by atoms with Crippen LogP contribution in [0.3, 0.4) is 0 Å². The van der Waals surface area contributed by atoms with Crippen LogP contribution in [0, 0.1) is 5.82 Å². The van der Waals surface area contributed by atoms with Crippen molar-refractivity contribution in [2.24, 2.45) is 5.73 Å². The number of hydrogen-bond donors (Lipinski definition) is 1. The summed E-state index contributed by atoms with van der Waals surface area (Å²) in [5.41, 5.74) is 7.16. The van der Waals surface area contributed by atoms with Crippen molar-refractivity contribution in [3.8, 4) is 5.75 Å². The van der Waals surface area contributed by atoms with Gasteiger partial charge in [-0.2, -0.15) is 0 Å². The first-order valence-electron chi connectivity index (χ1n) is 6.15. The molecule has 2 aromatic carbocycles. The fourth-order valence-electron chi connectivity index (χ4n) is 1.80. The van der Waals surface area contributed by atoms with Gasteiger partial charge in [0.25, 0.3) is 0 Å². The molecule has 0 aliphatic carbocycles. The van der Waals surface area contributed by atoms with E-state index in [9.17, 15) is 4.39 Å². The van der Waals surface area contributed by atoms with Crippen molar-refractivity contribution in [3.63, 3.8) is 0 Å². The summed E-state index contributed by atoms with van der Waals surface area (Å²) in [5, 5.41) is 0. The highest BCUT2D eigenvalue weighted by Gasteiger charge is 2.06. The highest BCUT2D eigenvalue weighted by atomic mass is 79.9. The molecule has 0 saturated heterocycles. The molecule has 106 valence electrons. The lowest BCUT2D eigenvalue weighted by Gasteiger charge is -2.10. The van der Waals surface area contributed by atoms with E-state index in [0.717, 1.165) is 20.9 Å². The normalized spacial score (nSPS) is 10.6. The SMILES string of the molecule is NCCc1cc(OCc2cc(Br)ccc2F)ccc1Br. The minimum absolute atomic E-state index is 0.189. The third-order valence-electron chi connectivity index (χ3n) is 2.83. The third-order valence-corrected chi connectivity index (χ3v) is 4.10. The lowest BCUT2D eigenvalue weighted by Crippen LogP contribution is -2.04. The van der Waals surface area contributed by atoms with Gasteiger partial charge in [0.1, 0.15) is 18.2 Å². The lowest BCUT2D eigenvalue weighted by molar-refractivity contribution is 0.299. The highest BCUT2D eigenvalue weighted by molar-refractivity contribution is 9.10. The van der Waals surface area contributed by atoms with Crippen LogP contribution in [-0.2, 0) is 13.0 Å². The molecule has 0 aromatic heterocycles. The Morgan fingerprint density at radius 2 is 1.85 bits per heavy atom. The van der Waals surface area contributed by atoms with Gasteiger partial charge in [-0.15, -0.1) is 0 Å². The molecule has 2 N–H and O–H groups in total. The van der Waals surface area contributed by atoms with E-state index < -0.39 is 0 Å². The fraction of sp³-hybridized carbons (Fsp3) is 0.200. The second-order valence-corrected chi connectivity index (χ2v) is 6.09. The average Bonchev–Trinajstić information content (AvgIpc) is 2.43. The summed E-state index contributed by atoms with van der Waals surface area (Å²) in [6.45, 7) is 0.761. The van der Waals surface area contributed by atoms with Crippen LogP contribution >= 0.6 is 31.9 Å². The molecule has 5 heteroatoms. The Morgan fingerprint density at radius 3 is 2.60 bits per heavy atom. The van der Waals surface area contributed by atoms with Gasteiger partial charge in [0.05, 0.1) is 0 Å². The molecule has 0 amide bonds. The van der Waals surface area contributed by atoms with Crippen LogP contribution in [0.2, 0.25) is 0 Å². The smallest absolute Gasteiger partial charge is 0.129 e. The zero-order valence-electron chi connectivity index (χ0n) is 10.7. The first-order chi connectivity index (χ1) is 9.60. The van der Waals surface area contributed by atoms with Crippen LogP contribution in [0.15, 0.2) is 45.3 Å². The average molecular weight is 403 g/mol. The van der Waals surface area contributed by atoms with E-state index in [-0.39, 0.29) is 12.4 Å². The van der Waals surface area contributed by atoms with E-state index in [0.29, 0.717) is 17.9 Å². The van der Waals surface area contributed by atoms with E-state index in [1.165, 1.54) is 6.07 Å². The van der Waals surface area contributed by atoms with E-state index in [4.69, 9.17) is 10.5 Å². The summed E-state index contributed by atoms with van der Waals surface area (Å²) < 4.78 is 21.1. The molecule has 20 heavy (non-hydrogen) atoms. The Hall–Kier alpha value is -0.910. The van der Waals surface area contributed by atoms with Gasteiger partial charge in [-0.05, 0) is 54.9 Å². The predicted octanol–water partition coefficient (Wildman–Crippen LogP) is 4.43. The summed E-state index contributed by atoms with van der Waals surface area (Å²) in [4.78, 5) is 0. The van der Waals surface area contributed by atoms with Crippen LogP contribution in [0.25, 0.3) is 0 Å². The maximum absolute atomic E-state index is 13.6. The predicted molar refractivity (Wildman–Crippen MR) is 85.3 cm³/mol. The molecule has 2 aromatic rings. The van der Waals surface area contributed by atoms with E-state index in [1.54, 1.807) is 12.1 Å². The fourth-order valence-corrected chi connectivity index (χ4v) is 2.66. The van der Waals surface area contributed by atoms with Gasteiger partial charge in [0, 0.05) is 14.5 Å². The first-order valence-corrected chi connectivity index (χ1v) is 7.74. The first kappa shape index (κ1) is 15.5. The van der Waals surface area contributed by atoms with E-state index in [2.05, 4.69) is 31.9 Å². The van der Waals surface area contributed by atoms with Gasteiger partial charge >= 0.3 is 0 Å². The molecule has 2 rings (SSSR count). The molecule has 0 radical (unpaired) electrons. The number of halogens is 3. The minimum Gasteiger partial charge on any atom is -0.489 e. The second-order valence-electron chi connectivity index (χ2n) is 4.32. The molecule has 0 unspecified atom stereocenters. The Balaban J connectivity index is 2.10. The lowest BCUT2D eigenvalue weighted by atomic mass is 10.1. The van der Waals surface area contributed by atoms with E-state index in [1.807, 2.05) is 18.2 Å². The monoisotopic (exact) mass is 401 g/mol. The van der Waals surface area contributed by atoms with Gasteiger partial charge in [-0.3, -0.25) is 0 Å². The Bertz CT molecular complexity index is 604. The summed E-state index contributed by atoms with van der Waals surface area (Å²) in [6.07, 6.45) is 0.767. The molecule has 0 aliphatic heterocycles. The maximum atomic E-state index is 13.6. The zero-order chi connectivity index (χ0) is 14.5. The van der Waals surface area contributed by atoms with Crippen molar-refractivity contribution in [2.75, 3.05) is 6.54 Å². The van der Waals surface area contributed by atoms with Crippen LogP contribution in [0.1, 0.15) is 11.1 Å². The highest BCUT2D eigenvalue weighted by Crippen LogP contribution is 2.24. The molecule has 0 bridgehead atoms. The number of rotatable bonds is 5. The molecule has 0 atom stereocenters. The van der Waals surface area contributed by atoms with Crippen LogP contribution in [0.4, 0.5) is 4.39 Å². The van der Waals surface area contributed by atoms with Crippen molar-refractivity contribution in [3.05, 3.63) is 62.3 Å². The van der Waals surface area contributed by atoms with Gasteiger partial charge in [0.15, 0.2) is 0 Å². The van der Waals surface area contributed by atoms with Crippen molar-refractivity contribution in [2.45, 2.75) is 13.0 Å². The molecular weight excluding hydrogens is 389 g/mol. The number of hydrogen-bond acceptors (Lipinski definition) is 2. The molecular formula is C15H14Br2FNO. The van der Waals surface area contributed by atoms with Gasteiger partial charge in [-0.25, -0.2) is 4.39 Å². The summed E-state index contributed by atoms with van der Waals surface area (Å²) in [6, 6.07) is 10.5. The Morgan fingerprint density at radius 1 is 1.05 bits per heavy atom. The summed E-state index contributed by atoms with van der Waals surface area (Å²) in [7, 11) is 0.